The monoisotopic (exact) mass is 308 g/mol. The molecule has 1 unspecified atom stereocenters. The van der Waals surface area contributed by atoms with Crippen LogP contribution in [0.1, 0.15) is 40.7 Å². The van der Waals surface area contributed by atoms with E-state index in [2.05, 4.69) is 4.74 Å². The number of ether oxygens (including phenoxy) is 1. The van der Waals surface area contributed by atoms with E-state index in [9.17, 15) is 22.8 Å². The lowest BCUT2D eigenvalue weighted by Crippen LogP contribution is -2.12. The fraction of sp³-hybridized carbons (Fsp3) is 0.385. The maximum absolute atomic E-state index is 12.8. The topological polar surface area (TPSA) is 43.4 Å². The van der Waals surface area contributed by atoms with Crippen molar-refractivity contribution in [1.82, 2.24) is 0 Å². The van der Waals surface area contributed by atoms with Crippen LogP contribution in [0.15, 0.2) is 18.2 Å². The number of alkyl halides is 4. The minimum Gasteiger partial charge on any atom is -0.462 e. The number of hydrogen-bond donors (Lipinski definition) is 0. The summed E-state index contributed by atoms with van der Waals surface area (Å²) in [6, 6.07) is 2.55. The molecule has 0 aliphatic heterocycles. The van der Waals surface area contributed by atoms with Gasteiger partial charge in [0.15, 0.2) is 5.78 Å². The second kappa shape index (κ2) is 6.26. The average Bonchev–Trinajstić information content (AvgIpc) is 2.36. The molecular formula is C13H12ClF3O3. The summed E-state index contributed by atoms with van der Waals surface area (Å²) in [5, 5.41) is -1.24. The van der Waals surface area contributed by atoms with E-state index in [1.807, 2.05) is 0 Å². The van der Waals surface area contributed by atoms with Crippen molar-refractivity contribution < 1.29 is 27.5 Å². The molecule has 0 saturated carbocycles. The van der Waals surface area contributed by atoms with Gasteiger partial charge in [0.05, 0.1) is 17.7 Å². The highest BCUT2D eigenvalue weighted by Gasteiger charge is 2.33. The maximum atomic E-state index is 12.8. The van der Waals surface area contributed by atoms with E-state index in [0.717, 1.165) is 19.1 Å². The summed E-state index contributed by atoms with van der Waals surface area (Å²) in [4.78, 5) is 22.7. The van der Waals surface area contributed by atoms with Crippen molar-refractivity contribution in [2.45, 2.75) is 25.4 Å². The van der Waals surface area contributed by atoms with E-state index in [-0.39, 0.29) is 17.7 Å². The number of benzene rings is 1. The third-order valence-corrected chi connectivity index (χ3v) is 3.00. The Kier molecular flexibility index (Phi) is 5.16. The molecule has 0 aromatic heterocycles. The zero-order chi connectivity index (χ0) is 15.5. The molecule has 1 aromatic carbocycles. The van der Waals surface area contributed by atoms with Crippen LogP contribution in [0.2, 0.25) is 0 Å². The van der Waals surface area contributed by atoms with Crippen LogP contribution in [0, 0.1) is 0 Å². The van der Waals surface area contributed by atoms with Crippen LogP contribution in [0.4, 0.5) is 13.2 Å². The summed E-state index contributed by atoms with van der Waals surface area (Å²) in [6.07, 6.45) is -4.65. The molecule has 7 heteroatoms. The standard InChI is InChI=1S/C13H12ClF3O3/c1-3-20-12(19)9-4-8(11(14)7(2)18)5-10(6-9)13(15,16)17/h4-6,11H,3H2,1-2H3. The van der Waals surface area contributed by atoms with Crippen molar-refractivity contribution in [3.05, 3.63) is 34.9 Å². The average molecular weight is 309 g/mol. The van der Waals surface area contributed by atoms with Gasteiger partial charge >= 0.3 is 12.1 Å². The van der Waals surface area contributed by atoms with Gasteiger partial charge in [-0.05, 0) is 37.6 Å². The predicted octanol–water partition coefficient (Wildman–Crippen LogP) is 3.75. The highest BCUT2D eigenvalue weighted by Crippen LogP contribution is 2.33. The van der Waals surface area contributed by atoms with Gasteiger partial charge in [0, 0.05) is 0 Å². The van der Waals surface area contributed by atoms with Crippen LogP contribution in [-0.4, -0.2) is 18.4 Å². The second-order valence-corrected chi connectivity index (χ2v) is 4.47. The fourth-order valence-electron chi connectivity index (χ4n) is 1.53. The quantitative estimate of drug-likeness (QED) is 0.628. The lowest BCUT2D eigenvalue weighted by atomic mass is 10.0. The van der Waals surface area contributed by atoms with Crippen LogP contribution in [0.5, 0.6) is 0 Å². The first-order chi connectivity index (χ1) is 9.16. The van der Waals surface area contributed by atoms with Gasteiger partial charge < -0.3 is 4.74 Å². The molecule has 0 bridgehead atoms. The number of rotatable bonds is 4. The second-order valence-electron chi connectivity index (χ2n) is 4.04. The Morgan fingerprint density at radius 1 is 1.30 bits per heavy atom. The number of ketones is 1. The summed E-state index contributed by atoms with van der Waals surface area (Å²) in [6.45, 7) is 2.72. The van der Waals surface area contributed by atoms with E-state index in [4.69, 9.17) is 11.6 Å². The van der Waals surface area contributed by atoms with Gasteiger partial charge in [0.25, 0.3) is 0 Å². The number of esters is 1. The lowest BCUT2D eigenvalue weighted by molar-refractivity contribution is -0.137. The molecule has 1 rings (SSSR count). The summed E-state index contributed by atoms with van der Waals surface area (Å²) in [5.74, 6) is -1.41. The van der Waals surface area contributed by atoms with Gasteiger partial charge in [0.1, 0.15) is 5.38 Å². The number of hydrogen-bond acceptors (Lipinski definition) is 3. The van der Waals surface area contributed by atoms with Gasteiger partial charge in [-0.25, -0.2) is 4.79 Å². The molecule has 0 heterocycles. The van der Waals surface area contributed by atoms with Crippen LogP contribution < -0.4 is 0 Å². The number of carbonyl (C=O) groups is 2. The van der Waals surface area contributed by atoms with E-state index in [1.54, 1.807) is 0 Å². The SMILES string of the molecule is CCOC(=O)c1cc(C(Cl)C(C)=O)cc(C(F)(F)F)c1. The molecule has 0 amide bonds. The first kappa shape index (κ1) is 16.5. The Hall–Kier alpha value is -1.56. The van der Waals surface area contributed by atoms with Crippen LogP contribution in [0.25, 0.3) is 0 Å². The van der Waals surface area contributed by atoms with Gasteiger partial charge in [-0.1, -0.05) is 0 Å². The molecule has 0 radical (unpaired) electrons. The van der Waals surface area contributed by atoms with E-state index in [0.29, 0.717) is 6.07 Å². The minimum atomic E-state index is -4.65. The Labute approximate surface area is 118 Å². The Balaban J connectivity index is 3.35. The van der Waals surface area contributed by atoms with Gasteiger partial charge in [-0.3, -0.25) is 4.79 Å². The van der Waals surface area contributed by atoms with Crippen LogP contribution in [0.3, 0.4) is 0 Å². The zero-order valence-electron chi connectivity index (χ0n) is 10.8. The van der Waals surface area contributed by atoms with Crippen molar-refractivity contribution in [2.24, 2.45) is 0 Å². The van der Waals surface area contributed by atoms with Crippen LogP contribution >= 0.6 is 11.6 Å². The van der Waals surface area contributed by atoms with Crippen molar-refractivity contribution in [3.63, 3.8) is 0 Å². The number of carbonyl (C=O) groups excluding carboxylic acids is 2. The molecule has 110 valence electrons. The molecular weight excluding hydrogens is 297 g/mol. The minimum absolute atomic E-state index is 0.0292. The lowest BCUT2D eigenvalue weighted by Gasteiger charge is -2.13. The Morgan fingerprint density at radius 2 is 1.90 bits per heavy atom. The maximum Gasteiger partial charge on any atom is 0.416 e. The molecule has 20 heavy (non-hydrogen) atoms. The zero-order valence-corrected chi connectivity index (χ0v) is 11.5. The van der Waals surface area contributed by atoms with Gasteiger partial charge in [0.2, 0.25) is 0 Å². The first-order valence-electron chi connectivity index (χ1n) is 5.70. The highest BCUT2D eigenvalue weighted by atomic mass is 35.5. The highest BCUT2D eigenvalue weighted by molar-refractivity contribution is 6.30. The smallest absolute Gasteiger partial charge is 0.416 e. The molecule has 3 nitrogen and oxygen atoms in total. The largest absolute Gasteiger partial charge is 0.462 e. The van der Waals surface area contributed by atoms with Crippen molar-refractivity contribution in [1.29, 1.82) is 0 Å². The van der Waals surface area contributed by atoms with Crippen LogP contribution in [-0.2, 0) is 15.7 Å². The first-order valence-corrected chi connectivity index (χ1v) is 6.14. The summed E-state index contributed by atoms with van der Waals surface area (Å²) < 4.78 is 43.0. The molecule has 1 aromatic rings. The van der Waals surface area contributed by atoms with Gasteiger partial charge in [-0.15, -0.1) is 11.6 Å². The summed E-state index contributed by atoms with van der Waals surface area (Å²) in [5.41, 5.74) is -1.43. The van der Waals surface area contributed by atoms with Crippen molar-refractivity contribution >= 4 is 23.4 Å². The normalized spacial score (nSPS) is 12.9. The third kappa shape index (κ3) is 3.96. The van der Waals surface area contributed by atoms with E-state index in [1.165, 1.54) is 6.92 Å². The van der Waals surface area contributed by atoms with Crippen molar-refractivity contribution in [2.75, 3.05) is 6.61 Å². The van der Waals surface area contributed by atoms with Gasteiger partial charge in [-0.2, -0.15) is 13.2 Å². The predicted molar refractivity (Wildman–Crippen MR) is 66.7 cm³/mol. The number of Topliss-reactive ketones (excluding diaryl/α,β-unsaturated/α-hetero) is 1. The van der Waals surface area contributed by atoms with E-state index >= 15 is 0 Å². The molecule has 1 atom stereocenters. The molecule has 0 aliphatic rings. The summed E-state index contributed by atoms with van der Waals surface area (Å²) in [7, 11) is 0. The van der Waals surface area contributed by atoms with E-state index < -0.39 is 28.9 Å². The Bertz CT molecular complexity index is 526. The molecule has 0 spiro atoms. The molecule has 0 saturated heterocycles. The fourth-order valence-corrected chi connectivity index (χ4v) is 1.65. The molecule has 0 N–H and O–H groups in total. The Morgan fingerprint density at radius 3 is 2.35 bits per heavy atom. The third-order valence-electron chi connectivity index (χ3n) is 2.44. The molecule has 0 fully saturated rings. The molecule has 0 aliphatic carbocycles. The van der Waals surface area contributed by atoms with Crippen molar-refractivity contribution in [3.8, 4) is 0 Å². The summed E-state index contributed by atoms with van der Waals surface area (Å²) >= 11 is 5.75. The number of halogens is 4.